The SMILES string of the molecule is CC(C)c1nc(Cc2ccc(NC(=O)c3cn4c5c(cc(Br)cc5c3=O)CC4C)cc2)no1. The zero-order valence-corrected chi connectivity index (χ0v) is 20.1. The maximum Gasteiger partial charge on any atom is 0.261 e. The summed E-state index contributed by atoms with van der Waals surface area (Å²) >= 11 is 3.49. The lowest BCUT2D eigenvalue weighted by molar-refractivity contribution is 0.102. The first-order valence-electron chi connectivity index (χ1n) is 10.9. The monoisotopic (exact) mass is 506 g/mol. The van der Waals surface area contributed by atoms with Crippen molar-refractivity contribution in [2.75, 3.05) is 5.32 Å². The van der Waals surface area contributed by atoms with E-state index in [1.165, 1.54) is 0 Å². The lowest BCUT2D eigenvalue weighted by Gasteiger charge is -2.13. The van der Waals surface area contributed by atoms with Crippen LogP contribution in [0.1, 0.15) is 65.9 Å². The average molecular weight is 507 g/mol. The van der Waals surface area contributed by atoms with E-state index in [0.29, 0.717) is 29.2 Å². The summed E-state index contributed by atoms with van der Waals surface area (Å²) in [6, 6.07) is 11.4. The number of nitrogens with zero attached hydrogens (tertiary/aromatic N) is 3. The summed E-state index contributed by atoms with van der Waals surface area (Å²) in [4.78, 5) is 30.6. The van der Waals surface area contributed by atoms with Crippen LogP contribution >= 0.6 is 15.9 Å². The molecule has 1 aliphatic heterocycles. The second kappa shape index (κ2) is 8.26. The molecule has 3 heterocycles. The molecule has 1 N–H and O–H groups in total. The fourth-order valence-electron chi connectivity index (χ4n) is 4.28. The highest BCUT2D eigenvalue weighted by atomic mass is 79.9. The highest BCUT2D eigenvalue weighted by Gasteiger charge is 2.25. The summed E-state index contributed by atoms with van der Waals surface area (Å²) in [7, 11) is 0. The van der Waals surface area contributed by atoms with Gasteiger partial charge in [-0.05, 0) is 48.7 Å². The molecule has 168 valence electrons. The molecule has 0 aliphatic carbocycles. The van der Waals surface area contributed by atoms with Gasteiger partial charge in [0.15, 0.2) is 5.82 Å². The van der Waals surface area contributed by atoms with E-state index in [2.05, 4.69) is 38.3 Å². The van der Waals surface area contributed by atoms with Crippen LogP contribution in [0, 0.1) is 0 Å². The third kappa shape index (κ3) is 3.99. The van der Waals surface area contributed by atoms with E-state index in [1.54, 1.807) is 12.3 Å². The number of hydrogen-bond acceptors (Lipinski definition) is 5. The first-order chi connectivity index (χ1) is 15.8. The third-order valence-electron chi connectivity index (χ3n) is 5.96. The fraction of sp³-hybridized carbons (Fsp3) is 0.280. The van der Waals surface area contributed by atoms with Crippen LogP contribution in [0.25, 0.3) is 10.9 Å². The second-order valence-electron chi connectivity index (χ2n) is 8.82. The molecule has 2 aromatic carbocycles. The quantitative estimate of drug-likeness (QED) is 0.400. The molecule has 1 aliphatic rings. The maximum atomic E-state index is 13.1. The third-order valence-corrected chi connectivity index (χ3v) is 6.41. The smallest absolute Gasteiger partial charge is 0.261 e. The molecule has 2 aromatic heterocycles. The number of pyridine rings is 1. The molecular weight excluding hydrogens is 484 g/mol. The minimum absolute atomic E-state index is 0.136. The Morgan fingerprint density at radius 2 is 2.03 bits per heavy atom. The predicted octanol–water partition coefficient (Wildman–Crippen LogP) is 5.23. The van der Waals surface area contributed by atoms with Crippen LogP contribution in [0.5, 0.6) is 0 Å². The highest BCUT2D eigenvalue weighted by molar-refractivity contribution is 9.10. The van der Waals surface area contributed by atoms with Crippen molar-refractivity contribution in [2.45, 2.75) is 45.6 Å². The van der Waals surface area contributed by atoms with Crippen molar-refractivity contribution in [2.24, 2.45) is 0 Å². The molecule has 1 atom stereocenters. The van der Waals surface area contributed by atoms with Gasteiger partial charge in [-0.3, -0.25) is 9.59 Å². The van der Waals surface area contributed by atoms with E-state index in [-0.39, 0.29) is 23.0 Å². The molecule has 33 heavy (non-hydrogen) atoms. The summed E-state index contributed by atoms with van der Waals surface area (Å²) in [6.07, 6.45) is 3.06. The number of halogens is 1. The van der Waals surface area contributed by atoms with Crippen molar-refractivity contribution < 1.29 is 9.32 Å². The van der Waals surface area contributed by atoms with Gasteiger partial charge in [0, 0.05) is 40.1 Å². The summed E-state index contributed by atoms with van der Waals surface area (Å²) < 4.78 is 8.13. The first-order valence-corrected chi connectivity index (χ1v) is 11.7. The van der Waals surface area contributed by atoms with E-state index in [1.807, 2.05) is 48.7 Å². The van der Waals surface area contributed by atoms with Gasteiger partial charge in [0.05, 0.1) is 5.52 Å². The molecule has 7 nitrogen and oxygen atoms in total. The van der Waals surface area contributed by atoms with Gasteiger partial charge in [-0.1, -0.05) is 47.1 Å². The van der Waals surface area contributed by atoms with E-state index in [9.17, 15) is 9.59 Å². The molecule has 0 fully saturated rings. The van der Waals surface area contributed by atoms with Crippen molar-refractivity contribution in [3.8, 4) is 0 Å². The number of hydrogen-bond donors (Lipinski definition) is 1. The molecule has 5 rings (SSSR count). The van der Waals surface area contributed by atoms with E-state index < -0.39 is 5.91 Å². The molecule has 8 heteroatoms. The lowest BCUT2D eigenvalue weighted by Crippen LogP contribution is -2.23. The van der Waals surface area contributed by atoms with Crippen LogP contribution in [0.3, 0.4) is 0 Å². The van der Waals surface area contributed by atoms with Crippen molar-refractivity contribution in [1.82, 2.24) is 14.7 Å². The second-order valence-corrected chi connectivity index (χ2v) is 9.74. The van der Waals surface area contributed by atoms with E-state index in [0.717, 1.165) is 27.5 Å². The number of amides is 1. The summed E-state index contributed by atoms with van der Waals surface area (Å²) in [5.74, 6) is 1.01. The predicted molar refractivity (Wildman–Crippen MR) is 130 cm³/mol. The van der Waals surface area contributed by atoms with Gasteiger partial charge in [-0.2, -0.15) is 4.98 Å². The Morgan fingerprint density at radius 1 is 1.27 bits per heavy atom. The molecule has 0 saturated carbocycles. The van der Waals surface area contributed by atoms with E-state index in [4.69, 9.17) is 4.52 Å². The molecule has 1 amide bonds. The summed E-state index contributed by atoms with van der Waals surface area (Å²) in [5, 5.41) is 7.43. The van der Waals surface area contributed by atoms with Gasteiger partial charge >= 0.3 is 0 Å². The maximum absolute atomic E-state index is 13.1. The van der Waals surface area contributed by atoms with Gasteiger partial charge in [0.2, 0.25) is 11.3 Å². The van der Waals surface area contributed by atoms with Gasteiger partial charge in [0.1, 0.15) is 5.56 Å². The Labute approximate surface area is 198 Å². The Morgan fingerprint density at radius 3 is 2.73 bits per heavy atom. The summed E-state index contributed by atoms with van der Waals surface area (Å²) in [5.41, 5.74) is 3.52. The largest absolute Gasteiger partial charge is 0.343 e. The molecular formula is C25H23BrN4O3. The zero-order chi connectivity index (χ0) is 23.3. The van der Waals surface area contributed by atoms with Crippen LogP contribution in [0.2, 0.25) is 0 Å². The van der Waals surface area contributed by atoms with Crippen molar-refractivity contribution in [3.63, 3.8) is 0 Å². The van der Waals surface area contributed by atoms with Gasteiger partial charge in [-0.25, -0.2) is 0 Å². The molecule has 4 aromatic rings. The highest BCUT2D eigenvalue weighted by Crippen LogP contribution is 2.33. The molecule has 0 radical (unpaired) electrons. The molecule has 0 saturated heterocycles. The lowest BCUT2D eigenvalue weighted by atomic mass is 10.1. The van der Waals surface area contributed by atoms with Crippen LogP contribution in [0.4, 0.5) is 5.69 Å². The minimum Gasteiger partial charge on any atom is -0.343 e. The number of anilines is 1. The topological polar surface area (TPSA) is 90.0 Å². The Kier molecular flexibility index (Phi) is 5.40. The van der Waals surface area contributed by atoms with Crippen LogP contribution < -0.4 is 10.7 Å². The summed E-state index contributed by atoms with van der Waals surface area (Å²) in [6.45, 7) is 6.09. The molecule has 0 spiro atoms. The molecule has 1 unspecified atom stereocenters. The Bertz CT molecular complexity index is 1440. The number of rotatable bonds is 5. The molecule has 0 bridgehead atoms. The number of carbonyl (C=O) groups is 1. The zero-order valence-electron chi connectivity index (χ0n) is 18.6. The minimum atomic E-state index is -0.418. The van der Waals surface area contributed by atoms with Crippen molar-refractivity contribution >= 4 is 38.4 Å². The van der Waals surface area contributed by atoms with Crippen molar-refractivity contribution in [1.29, 1.82) is 0 Å². The number of nitrogens with one attached hydrogen (secondary N) is 1. The number of carbonyl (C=O) groups excluding carboxylic acids is 1. The number of benzene rings is 2. The number of aromatic nitrogens is 3. The van der Waals surface area contributed by atoms with Crippen LogP contribution in [0.15, 0.2) is 56.4 Å². The van der Waals surface area contributed by atoms with Gasteiger partial charge in [0.25, 0.3) is 5.91 Å². The van der Waals surface area contributed by atoms with Gasteiger partial charge < -0.3 is 14.4 Å². The average Bonchev–Trinajstić information content (AvgIpc) is 3.36. The standard InChI is InChI=1S/C25H23BrN4O3/c1-13(2)25-28-21(29-33-25)9-15-4-6-18(7-5-15)27-24(32)20-12-30-14(3)8-16-10-17(26)11-19(22(16)30)23(20)31/h4-7,10-14H,8-9H2,1-3H3,(H,27,32). The van der Waals surface area contributed by atoms with Crippen molar-refractivity contribution in [3.05, 3.63) is 85.7 Å². The normalized spacial score (nSPS) is 14.9. The Balaban J connectivity index is 1.38. The fourth-order valence-corrected chi connectivity index (χ4v) is 4.79. The van der Waals surface area contributed by atoms with E-state index >= 15 is 0 Å². The van der Waals surface area contributed by atoms with Gasteiger partial charge in [-0.15, -0.1) is 0 Å². The van der Waals surface area contributed by atoms with Crippen LogP contribution in [-0.4, -0.2) is 20.6 Å². The Hall–Kier alpha value is -3.26. The first kappa shape index (κ1) is 21.6. The van der Waals surface area contributed by atoms with Crippen LogP contribution in [-0.2, 0) is 12.8 Å².